The van der Waals surface area contributed by atoms with Crippen LogP contribution in [0.5, 0.6) is 0 Å². The highest BCUT2D eigenvalue weighted by Gasteiger charge is 2.30. The number of rotatable bonds is 7. The number of halogens is 1. The number of hydrogen-bond donors (Lipinski definition) is 0. The number of amides is 1. The summed E-state index contributed by atoms with van der Waals surface area (Å²) in [6, 6.07) is 24.0. The van der Waals surface area contributed by atoms with E-state index >= 15 is 0 Å². The molecular weight excluding hydrogens is 446 g/mol. The van der Waals surface area contributed by atoms with Crippen molar-refractivity contribution < 1.29 is 4.79 Å². The smallest absolute Gasteiger partial charge is 0.266 e. The molecule has 1 aromatic heterocycles. The molecule has 2 atom stereocenters. The lowest BCUT2D eigenvalue weighted by atomic mass is 10.1. The van der Waals surface area contributed by atoms with Gasteiger partial charge in [-0.1, -0.05) is 61.5 Å². The van der Waals surface area contributed by atoms with Gasteiger partial charge in [-0.2, -0.15) is 0 Å². The number of para-hydroxylation sites is 1. The van der Waals surface area contributed by atoms with Crippen LogP contribution in [0, 0.1) is 0 Å². The summed E-state index contributed by atoms with van der Waals surface area (Å²) >= 11 is 6.60. The topological polar surface area (TPSA) is 55.2 Å². The van der Waals surface area contributed by atoms with Crippen molar-refractivity contribution >= 4 is 28.4 Å². The van der Waals surface area contributed by atoms with E-state index in [1.54, 1.807) is 15.5 Å². The van der Waals surface area contributed by atoms with Gasteiger partial charge in [-0.05, 0) is 55.7 Å². The van der Waals surface area contributed by atoms with Gasteiger partial charge in [-0.25, -0.2) is 4.98 Å². The Bertz CT molecular complexity index is 1350. The Morgan fingerprint density at radius 2 is 1.62 bits per heavy atom. The third-order valence-electron chi connectivity index (χ3n) is 6.18. The van der Waals surface area contributed by atoms with Crippen LogP contribution >= 0.6 is 11.6 Å². The first-order chi connectivity index (χ1) is 16.5. The van der Waals surface area contributed by atoms with Crippen molar-refractivity contribution in [3.05, 3.63) is 106 Å². The van der Waals surface area contributed by atoms with Gasteiger partial charge in [0.2, 0.25) is 5.91 Å². The first kappa shape index (κ1) is 23.7. The van der Waals surface area contributed by atoms with E-state index < -0.39 is 11.4 Å². The monoisotopic (exact) mass is 473 g/mol. The number of carbonyl (C=O) groups excluding carboxylic acids is 1. The lowest BCUT2D eigenvalue weighted by Gasteiger charge is -2.31. The number of benzene rings is 3. The van der Waals surface area contributed by atoms with Crippen molar-refractivity contribution in [1.82, 2.24) is 14.5 Å². The quantitative estimate of drug-likeness (QED) is 0.317. The molecule has 0 spiro atoms. The first-order valence-electron chi connectivity index (χ1n) is 11.6. The Balaban J connectivity index is 1.84. The predicted molar refractivity (Wildman–Crippen MR) is 138 cm³/mol. The minimum Gasteiger partial charge on any atom is -0.331 e. The highest BCUT2D eigenvalue weighted by molar-refractivity contribution is 6.30. The van der Waals surface area contributed by atoms with Gasteiger partial charge in [0.05, 0.1) is 22.6 Å². The summed E-state index contributed by atoms with van der Waals surface area (Å²) in [6.07, 6.45) is 0.906. The normalized spacial score (nSPS) is 12.9. The van der Waals surface area contributed by atoms with E-state index in [1.807, 2.05) is 86.6 Å². The standard InChI is InChI=1S/C28H28ClN3O2/c1-4-20-15-17-22(18-16-20)32-26(30-24-14-10-9-13-23(24)27(32)33)19(3)31(5-2)28(34)25(29)21-11-7-6-8-12-21/h6-19,25H,4-5H2,1-3H3. The average Bonchev–Trinajstić information content (AvgIpc) is 2.89. The third-order valence-corrected chi connectivity index (χ3v) is 6.62. The highest BCUT2D eigenvalue weighted by atomic mass is 35.5. The Hall–Kier alpha value is -3.44. The molecule has 0 radical (unpaired) electrons. The fourth-order valence-corrected chi connectivity index (χ4v) is 4.50. The lowest BCUT2D eigenvalue weighted by Crippen LogP contribution is -2.39. The van der Waals surface area contributed by atoms with Gasteiger partial charge < -0.3 is 4.90 Å². The molecule has 1 heterocycles. The molecule has 5 nitrogen and oxygen atoms in total. The van der Waals surface area contributed by atoms with E-state index in [-0.39, 0.29) is 11.5 Å². The molecule has 0 bridgehead atoms. The molecule has 1 amide bonds. The van der Waals surface area contributed by atoms with Gasteiger partial charge >= 0.3 is 0 Å². The molecule has 0 aliphatic carbocycles. The zero-order chi connectivity index (χ0) is 24.2. The number of nitrogens with zero attached hydrogens (tertiary/aromatic N) is 3. The van der Waals surface area contributed by atoms with Crippen LogP contribution in [0.3, 0.4) is 0 Å². The minimum absolute atomic E-state index is 0.161. The molecule has 174 valence electrons. The van der Waals surface area contributed by atoms with Crippen molar-refractivity contribution in [3.63, 3.8) is 0 Å². The molecule has 0 aliphatic rings. The summed E-state index contributed by atoms with van der Waals surface area (Å²) in [6.45, 7) is 6.31. The Labute approximate surface area is 204 Å². The molecule has 0 saturated carbocycles. The molecule has 4 aromatic rings. The maximum Gasteiger partial charge on any atom is 0.266 e. The maximum absolute atomic E-state index is 13.6. The molecule has 4 rings (SSSR count). The molecule has 0 N–H and O–H groups in total. The number of likely N-dealkylation sites (N-methyl/N-ethyl adjacent to an activating group) is 1. The predicted octanol–water partition coefficient (Wildman–Crippen LogP) is 5.84. The van der Waals surface area contributed by atoms with Crippen LogP contribution in [-0.2, 0) is 11.2 Å². The van der Waals surface area contributed by atoms with Crippen molar-refractivity contribution in [1.29, 1.82) is 0 Å². The van der Waals surface area contributed by atoms with Gasteiger partial charge in [0.25, 0.3) is 5.56 Å². The lowest BCUT2D eigenvalue weighted by molar-refractivity contribution is -0.133. The second-order valence-electron chi connectivity index (χ2n) is 8.22. The largest absolute Gasteiger partial charge is 0.331 e. The number of hydrogen-bond acceptors (Lipinski definition) is 3. The molecule has 0 saturated heterocycles. The van der Waals surface area contributed by atoms with Gasteiger partial charge in [-0.3, -0.25) is 14.2 Å². The van der Waals surface area contributed by atoms with Gasteiger partial charge in [-0.15, -0.1) is 11.6 Å². The van der Waals surface area contributed by atoms with Gasteiger partial charge in [0.1, 0.15) is 11.2 Å². The van der Waals surface area contributed by atoms with Crippen LogP contribution in [-0.4, -0.2) is 26.9 Å². The zero-order valence-electron chi connectivity index (χ0n) is 19.6. The van der Waals surface area contributed by atoms with E-state index in [0.29, 0.717) is 23.3 Å². The van der Waals surface area contributed by atoms with Crippen LogP contribution < -0.4 is 5.56 Å². The van der Waals surface area contributed by atoms with Crippen molar-refractivity contribution in [2.45, 2.75) is 38.6 Å². The van der Waals surface area contributed by atoms with Crippen LogP contribution in [0.1, 0.15) is 49.1 Å². The second-order valence-corrected chi connectivity index (χ2v) is 8.66. The van der Waals surface area contributed by atoms with E-state index in [4.69, 9.17) is 16.6 Å². The average molecular weight is 474 g/mol. The number of alkyl halides is 1. The molecule has 0 aliphatic heterocycles. The zero-order valence-corrected chi connectivity index (χ0v) is 20.4. The van der Waals surface area contributed by atoms with Crippen LogP contribution in [0.25, 0.3) is 16.6 Å². The Morgan fingerprint density at radius 3 is 2.26 bits per heavy atom. The number of aromatic nitrogens is 2. The van der Waals surface area contributed by atoms with Gasteiger partial charge in [0, 0.05) is 6.54 Å². The van der Waals surface area contributed by atoms with Crippen molar-refractivity contribution in [2.75, 3.05) is 6.54 Å². The summed E-state index contributed by atoms with van der Waals surface area (Å²) in [5, 5.41) is -0.292. The number of aryl methyl sites for hydroxylation is 1. The minimum atomic E-state index is -0.826. The summed E-state index contributed by atoms with van der Waals surface area (Å²) in [5.41, 5.74) is 3.07. The summed E-state index contributed by atoms with van der Waals surface area (Å²) in [5.74, 6) is 0.276. The van der Waals surface area contributed by atoms with Crippen LogP contribution in [0.2, 0.25) is 0 Å². The number of carbonyl (C=O) groups is 1. The Morgan fingerprint density at radius 1 is 0.971 bits per heavy atom. The highest BCUT2D eigenvalue weighted by Crippen LogP contribution is 2.29. The van der Waals surface area contributed by atoms with Crippen molar-refractivity contribution in [2.24, 2.45) is 0 Å². The molecule has 3 aromatic carbocycles. The van der Waals surface area contributed by atoms with Crippen molar-refractivity contribution in [3.8, 4) is 5.69 Å². The van der Waals surface area contributed by atoms with E-state index in [2.05, 4.69) is 6.92 Å². The maximum atomic E-state index is 13.6. The SMILES string of the molecule is CCc1ccc(-n2c(C(C)N(CC)C(=O)C(Cl)c3ccccc3)nc3ccccc3c2=O)cc1. The first-order valence-corrected chi connectivity index (χ1v) is 12.0. The molecule has 6 heteroatoms. The fraction of sp³-hybridized carbons (Fsp3) is 0.250. The van der Waals surface area contributed by atoms with E-state index in [0.717, 1.165) is 17.7 Å². The molecule has 34 heavy (non-hydrogen) atoms. The molecule has 2 unspecified atom stereocenters. The molecular formula is C28H28ClN3O2. The van der Waals surface area contributed by atoms with E-state index in [9.17, 15) is 9.59 Å². The number of fused-ring (bicyclic) bond motifs is 1. The van der Waals surface area contributed by atoms with E-state index in [1.165, 1.54) is 5.56 Å². The molecule has 0 fully saturated rings. The Kier molecular flexibility index (Phi) is 7.13. The summed E-state index contributed by atoms with van der Waals surface area (Å²) < 4.78 is 1.62. The van der Waals surface area contributed by atoms with Crippen LogP contribution in [0.15, 0.2) is 83.7 Å². The van der Waals surface area contributed by atoms with Gasteiger partial charge in [0.15, 0.2) is 0 Å². The second kappa shape index (κ2) is 10.2. The summed E-state index contributed by atoms with van der Waals surface area (Å²) in [4.78, 5) is 33.6. The third kappa shape index (κ3) is 4.48. The van der Waals surface area contributed by atoms with Crippen LogP contribution in [0.4, 0.5) is 0 Å². The fourth-order valence-electron chi connectivity index (χ4n) is 4.23. The summed E-state index contributed by atoms with van der Waals surface area (Å²) in [7, 11) is 0.